The standard InChI is InChI=1S/C20H30N4OS/c1-21-20(23-16-9-10-17(14-16)26-2)22-12-5-8-19(25)24-13-11-15-6-3-4-7-18(15)24/h3-4,6-7,16-17H,5,8-14H2,1-2H3,(H2,21,22,23). The van der Waals surface area contributed by atoms with Crippen LogP contribution in [0, 0.1) is 0 Å². The Morgan fingerprint density at radius 1 is 1.35 bits per heavy atom. The van der Waals surface area contributed by atoms with Gasteiger partial charge in [0.1, 0.15) is 0 Å². The maximum Gasteiger partial charge on any atom is 0.227 e. The van der Waals surface area contributed by atoms with Gasteiger partial charge in [-0.2, -0.15) is 11.8 Å². The van der Waals surface area contributed by atoms with E-state index in [1.165, 1.54) is 24.8 Å². The number of hydrogen-bond donors (Lipinski definition) is 2. The monoisotopic (exact) mass is 374 g/mol. The van der Waals surface area contributed by atoms with Crippen LogP contribution in [0.25, 0.3) is 0 Å². The van der Waals surface area contributed by atoms with Crippen LogP contribution in [-0.4, -0.2) is 49.6 Å². The average molecular weight is 375 g/mol. The van der Waals surface area contributed by atoms with Crippen LogP contribution in [-0.2, 0) is 11.2 Å². The lowest BCUT2D eigenvalue weighted by molar-refractivity contribution is -0.118. The topological polar surface area (TPSA) is 56.7 Å². The summed E-state index contributed by atoms with van der Waals surface area (Å²) in [6, 6.07) is 8.73. The lowest BCUT2D eigenvalue weighted by Gasteiger charge is -2.19. The molecule has 0 aromatic heterocycles. The van der Waals surface area contributed by atoms with Crippen molar-refractivity contribution in [3.63, 3.8) is 0 Å². The molecule has 142 valence electrons. The number of para-hydroxylation sites is 1. The Hall–Kier alpha value is -1.69. The normalized spacial score (nSPS) is 22.4. The maximum absolute atomic E-state index is 12.5. The van der Waals surface area contributed by atoms with Crippen LogP contribution >= 0.6 is 11.8 Å². The van der Waals surface area contributed by atoms with Crippen molar-refractivity contribution in [2.24, 2.45) is 4.99 Å². The van der Waals surface area contributed by atoms with Crippen molar-refractivity contribution in [2.75, 3.05) is 31.3 Å². The summed E-state index contributed by atoms with van der Waals surface area (Å²) in [6.07, 6.45) is 8.23. The zero-order chi connectivity index (χ0) is 18.4. The summed E-state index contributed by atoms with van der Waals surface area (Å²) in [7, 11) is 1.81. The molecule has 3 rings (SSSR count). The van der Waals surface area contributed by atoms with Gasteiger partial charge in [-0.05, 0) is 50.0 Å². The van der Waals surface area contributed by atoms with Gasteiger partial charge in [0.25, 0.3) is 0 Å². The molecule has 1 saturated carbocycles. The van der Waals surface area contributed by atoms with Crippen molar-refractivity contribution in [1.29, 1.82) is 0 Å². The quantitative estimate of drug-likeness (QED) is 0.457. The van der Waals surface area contributed by atoms with Gasteiger partial charge in [-0.3, -0.25) is 9.79 Å². The zero-order valence-corrected chi connectivity index (χ0v) is 16.6. The number of guanidine groups is 1. The number of carbonyl (C=O) groups excluding carboxylic acids is 1. The molecule has 2 aliphatic rings. The first-order chi connectivity index (χ1) is 12.7. The van der Waals surface area contributed by atoms with Crippen molar-refractivity contribution >= 4 is 29.3 Å². The van der Waals surface area contributed by atoms with Crippen LogP contribution in [0.2, 0.25) is 0 Å². The first kappa shape index (κ1) is 19.1. The summed E-state index contributed by atoms with van der Waals surface area (Å²) in [6.45, 7) is 1.58. The molecule has 1 amide bonds. The van der Waals surface area contributed by atoms with E-state index in [2.05, 4.69) is 27.9 Å². The molecule has 0 bridgehead atoms. The summed E-state index contributed by atoms with van der Waals surface area (Å²) >= 11 is 1.96. The molecular weight excluding hydrogens is 344 g/mol. The minimum absolute atomic E-state index is 0.221. The Balaban J connectivity index is 1.38. The zero-order valence-electron chi connectivity index (χ0n) is 15.8. The second-order valence-corrected chi connectivity index (χ2v) is 8.18. The van der Waals surface area contributed by atoms with E-state index in [1.807, 2.05) is 41.9 Å². The van der Waals surface area contributed by atoms with E-state index in [0.717, 1.165) is 42.8 Å². The summed E-state index contributed by atoms with van der Waals surface area (Å²) in [5.41, 5.74) is 2.37. The van der Waals surface area contributed by atoms with Crippen molar-refractivity contribution < 1.29 is 4.79 Å². The van der Waals surface area contributed by atoms with Crippen LogP contribution in [0.1, 0.15) is 37.7 Å². The number of aliphatic imine (C=N–C) groups is 1. The Morgan fingerprint density at radius 3 is 2.96 bits per heavy atom. The van der Waals surface area contributed by atoms with Crippen LogP contribution in [0.3, 0.4) is 0 Å². The number of fused-ring (bicyclic) bond motifs is 1. The van der Waals surface area contributed by atoms with Gasteiger partial charge in [-0.25, -0.2) is 0 Å². The fraction of sp³-hybridized carbons (Fsp3) is 0.600. The summed E-state index contributed by atoms with van der Waals surface area (Å²) in [5.74, 6) is 1.08. The Bertz CT molecular complexity index is 648. The molecule has 2 N–H and O–H groups in total. The van der Waals surface area contributed by atoms with Crippen LogP contribution < -0.4 is 15.5 Å². The molecule has 1 fully saturated rings. The number of nitrogens with zero attached hydrogens (tertiary/aromatic N) is 2. The Morgan fingerprint density at radius 2 is 2.19 bits per heavy atom. The van der Waals surface area contributed by atoms with E-state index >= 15 is 0 Å². The summed E-state index contributed by atoms with van der Waals surface area (Å²) in [5, 5.41) is 7.64. The number of anilines is 1. The molecule has 0 radical (unpaired) electrons. The Kier molecular flexibility index (Phi) is 6.83. The van der Waals surface area contributed by atoms with Crippen molar-refractivity contribution in [1.82, 2.24) is 10.6 Å². The molecule has 1 heterocycles. The molecule has 6 heteroatoms. The molecule has 1 aromatic rings. The third-order valence-electron chi connectivity index (χ3n) is 5.33. The van der Waals surface area contributed by atoms with Gasteiger partial charge in [0.2, 0.25) is 5.91 Å². The van der Waals surface area contributed by atoms with Crippen molar-refractivity contribution in [2.45, 2.75) is 49.8 Å². The van der Waals surface area contributed by atoms with Gasteiger partial charge in [-0.1, -0.05) is 18.2 Å². The van der Waals surface area contributed by atoms with Gasteiger partial charge >= 0.3 is 0 Å². The van der Waals surface area contributed by atoms with E-state index < -0.39 is 0 Å². The highest BCUT2D eigenvalue weighted by atomic mass is 32.2. The predicted molar refractivity (Wildman–Crippen MR) is 111 cm³/mol. The highest BCUT2D eigenvalue weighted by Gasteiger charge is 2.25. The second kappa shape index (κ2) is 9.31. The number of carbonyl (C=O) groups is 1. The first-order valence-corrected chi connectivity index (χ1v) is 10.9. The molecule has 1 aliphatic heterocycles. The van der Waals surface area contributed by atoms with Crippen LogP contribution in [0.5, 0.6) is 0 Å². The van der Waals surface area contributed by atoms with Crippen LogP contribution in [0.4, 0.5) is 5.69 Å². The van der Waals surface area contributed by atoms with E-state index in [4.69, 9.17) is 0 Å². The number of nitrogens with one attached hydrogen (secondary N) is 2. The first-order valence-electron chi connectivity index (χ1n) is 9.59. The molecule has 5 nitrogen and oxygen atoms in total. The highest BCUT2D eigenvalue weighted by molar-refractivity contribution is 7.99. The second-order valence-electron chi connectivity index (χ2n) is 7.04. The molecule has 2 atom stereocenters. The number of amides is 1. The van der Waals surface area contributed by atoms with Gasteiger partial charge in [0, 0.05) is 43.5 Å². The molecular formula is C20H30N4OS. The number of rotatable bonds is 6. The minimum atomic E-state index is 0.221. The molecule has 0 spiro atoms. The molecule has 0 saturated heterocycles. The fourth-order valence-electron chi connectivity index (χ4n) is 3.85. The minimum Gasteiger partial charge on any atom is -0.356 e. The molecule has 1 aliphatic carbocycles. The SMILES string of the molecule is CN=C(NCCCC(=O)N1CCc2ccccc21)NC1CCC(SC)C1. The van der Waals surface area contributed by atoms with Gasteiger partial charge in [0.15, 0.2) is 5.96 Å². The molecule has 1 aromatic carbocycles. The molecule has 2 unspecified atom stereocenters. The van der Waals surface area contributed by atoms with Crippen molar-refractivity contribution in [3.05, 3.63) is 29.8 Å². The molecule has 26 heavy (non-hydrogen) atoms. The fourth-order valence-corrected chi connectivity index (χ4v) is 4.65. The van der Waals surface area contributed by atoms with Crippen LogP contribution in [0.15, 0.2) is 29.3 Å². The Labute approximate surface area is 161 Å². The number of benzene rings is 1. The predicted octanol–water partition coefficient (Wildman–Crippen LogP) is 2.81. The number of hydrogen-bond acceptors (Lipinski definition) is 3. The number of thioether (sulfide) groups is 1. The van der Waals surface area contributed by atoms with Crippen molar-refractivity contribution in [3.8, 4) is 0 Å². The summed E-state index contributed by atoms with van der Waals surface area (Å²) < 4.78 is 0. The largest absolute Gasteiger partial charge is 0.356 e. The van der Waals surface area contributed by atoms with E-state index in [0.29, 0.717) is 12.5 Å². The average Bonchev–Trinajstić information content (AvgIpc) is 3.30. The highest BCUT2D eigenvalue weighted by Crippen LogP contribution is 2.28. The third kappa shape index (κ3) is 4.72. The lowest BCUT2D eigenvalue weighted by atomic mass is 10.2. The van der Waals surface area contributed by atoms with E-state index in [9.17, 15) is 4.79 Å². The van der Waals surface area contributed by atoms with Gasteiger partial charge < -0.3 is 15.5 Å². The third-order valence-corrected chi connectivity index (χ3v) is 6.43. The van der Waals surface area contributed by atoms with Gasteiger partial charge in [0.05, 0.1) is 0 Å². The van der Waals surface area contributed by atoms with E-state index in [1.54, 1.807) is 0 Å². The van der Waals surface area contributed by atoms with Gasteiger partial charge in [-0.15, -0.1) is 0 Å². The maximum atomic E-state index is 12.5. The smallest absolute Gasteiger partial charge is 0.227 e. The van der Waals surface area contributed by atoms with E-state index in [-0.39, 0.29) is 5.91 Å². The summed E-state index contributed by atoms with van der Waals surface area (Å²) in [4.78, 5) is 18.8. The lowest BCUT2D eigenvalue weighted by Crippen LogP contribution is -2.43.